The lowest BCUT2D eigenvalue weighted by Gasteiger charge is -2.31. The fourth-order valence-electron chi connectivity index (χ4n) is 2.89. The monoisotopic (exact) mass is 444 g/mol. The van der Waals surface area contributed by atoms with E-state index in [1.54, 1.807) is 29.2 Å². The van der Waals surface area contributed by atoms with Gasteiger partial charge in [-0.05, 0) is 30.3 Å². The van der Waals surface area contributed by atoms with Crippen molar-refractivity contribution in [2.75, 3.05) is 39.6 Å². The van der Waals surface area contributed by atoms with Gasteiger partial charge in [0, 0.05) is 16.8 Å². The number of aromatic nitrogens is 1. The van der Waals surface area contributed by atoms with Gasteiger partial charge in [-0.3, -0.25) is 0 Å². The summed E-state index contributed by atoms with van der Waals surface area (Å²) in [4.78, 5) is 43.0. The number of ether oxygens (including phenoxy) is 4. The summed E-state index contributed by atoms with van der Waals surface area (Å²) in [7, 11) is 3.79. The van der Waals surface area contributed by atoms with Gasteiger partial charge < -0.3 is 23.8 Å². The van der Waals surface area contributed by atoms with Crippen LogP contribution < -0.4 is 4.90 Å². The molecule has 1 aromatic carbocycles. The molecule has 0 aliphatic carbocycles. The van der Waals surface area contributed by atoms with Crippen molar-refractivity contribution >= 4 is 35.4 Å². The van der Waals surface area contributed by atoms with Gasteiger partial charge in [-0.2, -0.15) is 0 Å². The molecular weight excluding hydrogens is 424 g/mol. The smallest absolute Gasteiger partial charge is 0.355 e. The minimum Gasteiger partial charge on any atom is -0.466 e. The van der Waals surface area contributed by atoms with Crippen LogP contribution in [0.2, 0.25) is 0 Å². The standard InChI is InChI=1S/C21H20N2O7S/c1-27-19(24)13-7-8-22-17(9-13)31-15-6-4-5-14(10-15)23-12-30-11-16(20(25)28-2)18(23)21(26)29-3/h4-10H,11-12H2,1-3H3. The van der Waals surface area contributed by atoms with Crippen LogP contribution in [0.4, 0.5) is 5.69 Å². The van der Waals surface area contributed by atoms with Crippen LogP contribution >= 0.6 is 11.8 Å². The van der Waals surface area contributed by atoms with Crippen molar-refractivity contribution in [1.82, 2.24) is 4.98 Å². The second-order valence-corrected chi connectivity index (χ2v) is 7.28. The van der Waals surface area contributed by atoms with Crippen molar-refractivity contribution in [2.24, 2.45) is 0 Å². The molecule has 2 aromatic rings. The first-order valence-electron chi connectivity index (χ1n) is 9.05. The Kier molecular flexibility index (Phi) is 7.27. The quantitative estimate of drug-likeness (QED) is 0.487. The molecule has 0 saturated heterocycles. The summed E-state index contributed by atoms with van der Waals surface area (Å²) in [6, 6.07) is 10.4. The van der Waals surface area contributed by atoms with Gasteiger partial charge in [-0.25, -0.2) is 19.4 Å². The van der Waals surface area contributed by atoms with Crippen LogP contribution in [0.5, 0.6) is 0 Å². The molecular formula is C21H20N2O7S. The van der Waals surface area contributed by atoms with E-state index in [4.69, 9.17) is 18.9 Å². The highest BCUT2D eigenvalue weighted by Crippen LogP contribution is 2.32. The summed E-state index contributed by atoms with van der Waals surface area (Å²) < 4.78 is 19.9. The molecule has 0 atom stereocenters. The number of esters is 3. The van der Waals surface area contributed by atoms with E-state index in [0.29, 0.717) is 16.3 Å². The maximum absolute atomic E-state index is 12.4. The molecule has 0 radical (unpaired) electrons. The van der Waals surface area contributed by atoms with Crippen molar-refractivity contribution in [3.8, 4) is 0 Å². The van der Waals surface area contributed by atoms with Gasteiger partial charge in [0.05, 0.1) is 39.1 Å². The van der Waals surface area contributed by atoms with Crippen LogP contribution in [0, 0.1) is 0 Å². The van der Waals surface area contributed by atoms with Crippen molar-refractivity contribution in [1.29, 1.82) is 0 Å². The van der Waals surface area contributed by atoms with Crippen LogP contribution in [0.25, 0.3) is 0 Å². The zero-order valence-corrected chi connectivity index (χ0v) is 17.9. The summed E-state index contributed by atoms with van der Waals surface area (Å²) in [6.07, 6.45) is 1.53. The van der Waals surface area contributed by atoms with Gasteiger partial charge in [-0.15, -0.1) is 0 Å². The molecule has 0 amide bonds. The lowest BCUT2D eigenvalue weighted by molar-refractivity contribution is -0.140. The fourth-order valence-corrected chi connectivity index (χ4v) is 3.76. The summed E-state index contributed by atoms with van der Waals surface area (Å²) in [5.74, 6) is -1.79. The maximum Gasteiger partial charge on any atom is 0.355 e. The molecule has 1 aromatic heterocycles. The number of nitrogens with zero attached hydrogens (tertiary/aromatic N) is 2. The van der Waals surface area contributed by atoms with Crippen LogP contribution in [0.1, 0.15) is 10.4 Å². The van der Waals surface area contributed by atoms with Gasteiger partial charge in [0.15, 0.2) is 0 Å². The second kappa shape index (κ2) is 10.1. The Morgan fingerprint density at radius 2 is 1.74 bits per heavy atom. The van der Waals surface area contributed by atoms with Gasteiger partial charge in [-0.1, -0.05) is 17.8 Å². The number of pyridine rings is 1. The first-order valence-corrected chi connectivity index (χ1v) is 9.87. The molecule has 3 rings (SSSR count). The Bertz CT molecular complexity index is 1040. The highest BCUT2D eigenvalue weighted by molar-refractivity contribution is 7.99. The Morgan fingerprint density at radius 1 is 1.00 bits per heavy atom. The van der Waals surface area contributed by atoms with E-state index in [1.807, 2.05) is 12.1 Å². The van der Waals surface area contributed by atoms with E-state index in [9.17, 15) is 14.4 Å². The molecule has 0 saturated carbocycles. The van der Waals surface area contributed by atoms with E-state index < -0.39 is 17.9 Å². The number of carbonyl (C=O) groups is 3. The minimum atomic E-state index is -0.672. The molecule has 1 aliphatic rings. The zero-order chi connectivity index (χ0) is 22.4. The fraction of sp³-hybridized carbons (Fsp3) is 0.238. The van der Waals surface area contributed by atoms with Crippen molar-refractivity contribution in [3.63, 3.8) is 0 Å². The minimum absolute atomic E-state index is 0.0507. The molecule has 0 spiro atoms. The van der Waals surface area contributed by atoms with Gasteiger partial charge in [0.2, 0.25) is 0 Å². The van der Waals surface area contributed by atoms with E-state index in [1.165, 1.54) is 39.3 Å². The van der Waals surface area contributed by atoms with Crippen LogP contribution in [-0.4, -0.2) is 57.6 Å². The lowest BCUT2D eigenvalue weighted by atomic mass is 10.1. The number of anilines is 1. The third-order valence-electron chi connectivity index (χ3n) is 4.34. The summed E-state index contributed by atoms with van der Waals surface area (Å²) in [5.41, 5.74) is 1.13. The molecule has 31 heavy (non-hydrogen) atoms. The van der Waals surface area contributed by atoms with Crippen molar-refractivity contribution in [3.05, 3.63) is 59.4 Å². The summed E-state index contributed by atoms with van der Waals surface area (Å²) in [6.45, 7) is -0.0125. The SMILES string of the molecule is COC(=O)C1=C(C(=O)OC)N(c2cccc(Sc3cc(C(=O)OC)ccn3)c2)COC1. The van der Waals surface area contributed by atoms with E-state index in [0.717, 1.165) is 4.90 Å². The van der Waals surface area contributed by atoms with Gasteiger partial charge in [0.25, 0.3) is 0 Å². The molecule has 1 aliphatic heterocycles. The third-order valence-corrected chi connectivity index (χ3v) is 5.26. The van der Waals surface area contributed by atoms with E-state index in [-0.39, 0.29) is 24.6 Å². The van der Waals surface area contributed by atoms with Crippen LogP contribution in [0.3, 0.4) is 0 Å². The van der Waals surface area contributed by atoms with Crippen LogP contribution in [-0.2, 0) is 28.5 Å². The molecule has 0 N–H and O–H groups in total. The van der Waals surface area contributed by atoms with Crippen molar-refractivity contribution in [2.45, 2.75) is 9.92 Å². The first kappa shape index (κ1) is 22.3. The third kappa shape index (κ3) is 5.04. The summed E-state index contributed by atoms with van der Waals surface area (Å²) in [5, 5.41) is 0.592. The molecule has 9 nitrogen and oxygen atoms in total. The number of rotatable bonds is 6. The molecule has 0 bridgehead atoms. The second-order valence-electron chi connectivity index (χ2n) is 6.19. The number of hydrogen-bond donors (Lipinski definition) is 0. The van der Waals surface area contributed by atoms with Gasteiger partial charge >= 0.3 is 17.9 Å². The molecule has 10 heteroatoms. The number of hydrogen-bond acceptors (Lipinski definition) is 10. The topological polar surface area (TPSA) is 104 Å². The lowest BCUT2D eigenvalue weighted by Crippen LogP contribution is -2.38. The Morgan fingerprint density at radius 3 is 2.45 bits per heavy atom. The number of methoxy groups -OCH3 is 3. The average molecular weight is 444 g/mol. The predicted octanol–water partition coefficient (Wildman–Crippen LogP) is 2.41. The molecule has 2 heterocycles. The van der Waals surface area contributed by atoms with Gasteiger partial charge in [0.1, 0.15) is 17.5 Å². The van der Waals surface area contributed by atoms with Crippen LogP contribution in [0.15, 0.2) is 63.8 Å². The highest BCUT2D eigenvalue weighted by atomic mass is 32.2. The number of benzene rings is 1. The largest absolute Gasteiger partial charge is 0.466 e. The normalized spacial score (nSPS) is 13.6. The Labute approximate surface area is 182 Å². The van der Waals surface area contributed by atoms with E-state index >= 15 is 0 Å². The number of carbonyl (C=O) groups excluding carboxylic acids is 3. The van der Waals surface area contributed by atoms with E-state index in [2.05, 4.69) is 4.98 Å². The maximum atomic E-state index is 12.4. The molecule has 0 fully saturated rings. The molecule has 0 unspecified atom stereocenters. The summed E-state index contributed by atoms with van der Waals surface area (Å²) >= 11 is 1.32. The van der Waals surface area contributed by atoms with Crippen molar-refractivity contribution < 1.29 is 33.3 Å². The predicted molar refractivity (Wildman–Crippen MR) is 110 cm³/mol. The zero-order valence-electron chi connectivity index (χ0n) is 17.1. The Balaban J connectivity index is 1.94. The highest BCUT2D eigenvalue weighted by Gasteiger charge is 2.32. The first-order chi connectivity index (χ1) is 15.0. The average Bonchev–Trinajstić information content (AvgIpc) is 2.82. The molecule has 162 valence electrons. The Hall–Kier alpha value is -3.37.